The van der Waals surface area contributed by atoms with Crippen LogP contribution in [0, 0.1) is 0 Å². The lowest BCUT2D eigenvalue weighted by atomic mass is 10.1. The zero-order valence-electron chi connectivity index (χ0n) is 13.5. The number of hydrogen-bond acceptors (Lipinski definition) is 6. The van der Waals surface area contributed by atoms with Crippen LogP contribution in [0.4, 0.5) is 0 Å². The van der Waals surface area contributed by atoms with Gasteiger partial charge in [0.2, 0.25) is 6.79 Å². The first-order valence-electron chi connectivity index (χ1n) is 7.64. The molecule has 3 N–H and O–H groups in total. The van der Waals surface area contributed by atoms with Gasteiger partial charge in [-0.1, -0.05) is 6.07 Å². The van der Waals surface area contributed by atoms with Crippen molar-refractivity contribution in [1.82, 2.24) is 10.6 Å². The Labute approximate surface area is 156 Å². The summed E-state index contributed by atoms with van der Waals surface area (Å²) in [6.45, 7) is -0.0297. The van der Waals surface area contributed by atoms with Gasteiger partial charge < -0.3 is 29.6 Å². The molecule has 0 aliphatic carbocycles. The predicted molar refractivity (Wildman–Crippen MR) is 94.5 cm³/mol. The molecule has 0 atom stereocenters. The molecule has 3 rings (SSSR count). The van der Waals surface area contributed by atoms with E-state index in [1.807, 2.05) is 0 Å². The van der Waals surface area contributed by atoms with E-state index in [1.165, 1.54) is 12.1 Å². The lowest BCUT2D eigenvalue weighted by Crippen LogP contribution is -2.36. The molecule has 2 heterocycles. The number of fused-ring (bicyclic) bond motifs is 1. The summed E-state index contributed by atoms with van der Waals surface area (Å²) in [7, 11) is 0. The molecule has 0 bridgehead atoms. The summed E-state index contributed by atoms with van der Waals surface area (Å²) >= 11 is 3.12. The highest BCUT2D eigenvalue weighted by molar-refractivity contribution is 9.10. The first kappa shape index (κ1) is 18.0. The second kappa shape index (κ2) is 8.07. The molecule has 1 aromatic heterocycles. The maximum atomic E-state index is 12.3. The maximum absolute atomic E-state index is 12.3. The van der Waals surface area contributed by atoms with Gasteiger partial charge >= 0.3 is 0 Å². The first-order valence-corrected chi connectivity index (χ1v) is 8.43. The smallest absolute Gasteiger partial charge is 0.291 e. The Morgan fingerprint density at radius 1 is 1.19 bits per heavy atom. The molecule has 1 aliphatic rings. The Hall–Kier alpha value is -2.78. The number of carbonyl (C=O) groups excluding carboxylic acids is 2. The number of furan rings is 1. The van der Waals surface area contributed by atoms with Crippen LogP contribution in [0.25, 0.3) is 6.08 Å². The van der Waals surface area contributed by atoms with E-state index in [4.69, 9.17) is 19.0 Å². The van der Waals surface area contributed by atoms with Crippen LogP contribution in [-0.4, -0.2) is 36.9 Å². The molecule has 0 saturated heterocycles. The highest BCUT2D eigenvalue weighted by Gasteiger charge is 2.18. The molecule has 26 heavy (non-hydrogen) atoms. The van der Waals surface area contributed by atoms with Gasteiger partial charge in [-0.2, -0.15) is 0 Å². The van der Waals surface area contributed by atoms with Crippen molar-refractivity contribution in [3.8, 4) is 11.5 Å². The summed E-state index contributed by atoms with van der Waals surface area (Å²) < 4.78 is 16.1. The normalized spacial score (nSPS) is 12.8. The van der Waals surface area contributed by atoms with Gasteiger partial charge in [0.05, 0.1) is 6.61 Å². The topological polar surface area (TPSA) is 110 Å². The van der Waals surface area contributed by atoms with Gasteiger partial charge in [-0.15, -0.1) is 0 Å². The van der Waals surface area contributed by atoms with E-state index in [2.05, 4.69) is 26.6 Å². The van der Waals surface area contributed by atoms with E-state index in [-0.39, 0.29) is 31.4 Å². The number of hydrogen-bond donors (Lipinski definition) is 3. The minimum atomic E-state index is -0.582. The minimum absolute atomic E-state index is 0.00478. The first-order chi connectivity index (χ1) is 12.6. The van der Waals surface area contributed by atoms with E-state index in [0.29, 0.717) is 21.7 Å². The molecule has 0 radical (unpaired) electrons. The molecule has 2 aromatic rings. The Morgan fingerprint density at radius 2 is 2.00 bits per heavy atom. The monoisotopic (exact) mass is 422 g/mol. The number of halogens is 1. The van der Waals surface area contributed by atoms with Gasteiger partial charge in [-0.25, -0.2) is 0 Å². The molecule has 0 unspecified atom stereocenters. The number of aliphatic hydroxyl groups excluding tert-OH is 1. The number of amides is 2. The van der Waals surface area contributed by atoms with E-state index < -0.39 is 11.8 Å². The second-order valence-corrected chi connectivity index (χ2v) is 5.99. The third-order valence-corrected chi connectivity index (χ3v) is 3.82. The third-order valence-electron chi connectivity index (χ3n) is 3.39. The summed E-state index contributed by atoms with van der Waals surface area (Å²) in [6.07, 6.45) is 1.49. The van der Waals surface area contributed by atoms with E-state index in [1.54, 1.807) is 24.3 Å². The molecule has 0 saturated carbocycles. The molecule has 1 aliphatic heterocycles. The van der Waals surface area contributed by atoms with Gasteiger partial charge in [-0.3, -0.25) is 9.59 Å². The van der Waals surface area contributed by atoms with Crippen molar-refractivity contribution >= 4 is 33.8 Å². The highest BCUT2D eigenvalue weighted by Crippen LogP contribution is 2.33. The Morgan fingerprint density at radius 3 is 2.73 bits per heavy atom. The molecule has 136 valence electrons. The molecule has 0 spiro atoms. The quantitative estimate of drug-likeness (QED) is 0.610. The van der Waals surface area contributed by atoms with Crippen molar-refractivity contribution in [2.45, 2.75) is 0 Å². The molecule has 2 amide bonds. The fourth-order valence-corrected chi connectivity index (χ4v) is 2.52. The standard InChI is InChI=1S/C17H15BrN2O6/c18-15-4-3-13(26-15)17(23)20-11(16(22)19-5-6-21)7-10-1-2-12-14(8-10)25-9-24-12/h1-4,7-8,21H,5-6,9H2,(H,19,22)(H,20,23)/b11-7+. The molecule has 8 nitrogen and oxygen atoms in total. The largest absolute Gasteiger partial charge is 0.454 e. The van der Waals surface area contributed by atoms with Crippen molar-refractivity contribution in [2.24, 2.45) is 0 Å². The lowest BCUT2D eigenvalue weighted by Gasteiger charge is -2.10. The van der Waals surface area contributed by atoms with Crippen LogP contribution in [0.1, 0.15) is 16.1 Å². The van der Waals surface area contributed by atoms with Crippen molar-refractivity contribution in [1.29, 1.82) is 0 Å². The fraction of sp³-hybridized carbons (Fsp3) is 0.176. The molecular formula is C17H15BrN2O6. The molecule has 0 fully saturated rings. The minimum Gasteiger partial charge on any atom is -0.454 e. The number of aliphatic hydroxyl groups is 1. The average molecular weight is 423 g/mol. The van der Waals surface area contributed by atoms with Gasteiger partial charge in [0, 0.05) is 6.54 Å². The van der Waals surface area contributed by atoms with Gasteiger partial charge in [0.1, 0.15) is 5.70 Å². The fourth-order valence-electron chi connectivity index (χ4n) is 2.21. The molecule has 1 aromatic carbocycles. The van der Waals surface area contributed by atoms with Crippen molar-refractivity contribution < 1.29 is 28.6 Å². The average Bonchev–Trinajstić information content (AvgIpc) is 3.27. The van der Waals surface area contributed by atoms with Crippen LogP contribution in [0.15, 0.2) is 45.1 Å². The van der Waals surface area contributed by atoms with Crippen LogP contribution in [0.2, 0.25) is 0 Å². The van der Waals surface area contributed by atoms with Gasteiger partial charge in [0.15, 0.2) is 21.9 Å². The lowest BCUT2D eigenvalue weighted by molar-refractivity contribution is -0.117. The van der Waals surface area contributed by atoms with Crippen LogP contribution < -0.4 is 20.1 Å². The van der Waals surface area contributed by atoms with Crippen molar-refractivity contribution in [2.75, 3.05) is 19.9 Å². The van der Waals surface area contributed by atoms with Crippen LogP contribution >= 0.6 is 15.9 Å². The number of carbonyl (C=O) groups is 2. The third kappa shape index (κ3) is 4.24. The SMILES string of the molecule is O=C(NCCO)/C(=C\c1ccc2c(c1)OCO2)NC(=O)c1ccc(Br)o1. The number of benzene rings is 1. The van der Waals surface area contributed by atoms with E-state index >= 15 is 0 Å². The van der Waals surface area contributed by atoms with Crippen LogP contribution in [-0.2, 0) is 4.79 Å². The van der Waals surface area contributed by atoms with Crippen LogP contribution in [0.5, 0.6) is 11.5 Å². The second-order valence-electron chi connectivity index (χ2n) is 5.21. The maximum Gasteiger partial charge on any atom is 0.291 e. The number of rotatable bonds is 6. The summed E-state index contributed by atoms with van der Waals surface area (Å²) in [5, 5.41) is 13.9. The Balaban J connectivity index is 1.84. The molecular weight excluding hydrogens is 408 g/mol. The van der Waals surface area contributed by atoms with Crippen molar-refractivity contribution in [3.05, 3.63) is 52.0 Å². The number of ether oxygens (including phenoxy) is 2. The zero-order valence-corrected chi connectivity index (χ0v) is 15.0. The summed E-state index contributed by atoms with van der Waals surface area (Å²) in [5.41, 5.74) is 0.624. The van der Waals surface area contributed by atoms with Gasteiger partial charge in [0.25, 0.3) is 11.8 Å². The predicted octanol–water partition coefficient (Wildman–Crippen LogP) is 1.65. The Kier molecular flexibility index (Phi) is 5.59. The number of nitrogens with one attached hydrogen (secondary N) is 2. The van der Waals surface area contributed by atoms with E-state index in [0.717, 1.165) is 0 Å². The summed E-state index contributed by atoms with van der Waals surface area (Å²) in [6, 6.07) is 8.17. The molecule has 9 heteroatoms. The van der Waals surface area contributed by atoms with Gasteiger partial charge in [-0.05, 0) is 51.8 Å². The van der Waals surface area contributed by atoms with E-state index in [9.17, 15) is 9.59 Å². The zero-order chi connectivity index (χ0) is 18.5. The summed E-state index contributed by atoms with van der Waals surface area (Å²) in [5.74, 6) is 0.0778. The van der Waals surface area contributed by atoms with Crippen molar-refractivity contribution in [3.63, 3.8) is 0 Å². The Bertz CT molecular complexity index is 861. The summed E-state index contributed by atoms with van der Waals surface area (Å²) in [4.78, 5) is 24.6. The highest BCUT2D eigenvalue weighted by atomic mass is 79.9. The van der Waals surface area contributed by atoms with Crippen LogP contribution in [0.3, 0.4) is 0 Å².